The Kier molecular flexibility index (Phi) is 6.88. The quantitative estimate of drug-likeness (QED) is 0.527. The normalized spacial score (nSPS) is 15.2. The summed E-state index contributed by atoms with van der Waals surface area (Å²) in [5.74, 6) is -0.0242. The first-order valence-corrected chi connectivity index (χ1v) is 11.1. The highest BCUT2D eigenvalue weighted by atomic mass is 35.5. The molecule has 6 heteroatoms. The zero-order valence-corrected chi connectivity index (χ0v) is 18.8. The van der Waals surface area contributed by atoms with Crippen molar-refractivity contribution >= 4 is 29.1 Å². The Morgan fingerprint density at radius 2 is 1.50 bits per heavy atom. The fraction of sp³-hybridized carbons (Fsp3) is 0.231. The number of halogens is 1. The summed E-state index contributed by atoms with van der Waals surface area (Å²) in [5, 5.41) is 3.64. The van der Waals surface area contributed by atoms with Crippen molar-refractivity contribution in [2.24, 2.45) is 0 Å². The average Bonchev–Trinajstić information content (AvgIpc) is 2.82. The summed E-state index contributed by atoms with van der Waals surface area (Å²) < 4.78 is 0. The van der Waals surface area contributed by atoms with Crippen molar-refractivity contribution in [3.05, 3.63) is 101 Å². The van der Waals surface area contributed by atoms with Gasteiger partial charge in [0, 0.05) is 42.5 Å². The first-order chi connectivity index (χ1) is 15.5. The smallest absolute Gasteiger partial charge is 0.321 e. The Balaban J connectivity index is 1.45. The topological polar surface area (TPSA) is 52.7 Å². The molecule has 0 aliphatic carbocycles. The van der Waals surface area contributed by atoms with Crippen LogP contribution in [0.4, 0.5) is 10.5 Å². The van der Waals surface area contributed by atoms with Crippen LogP contribution in [0, 0.1) is 0 Å². The number of nitrogens with one attached hydrogen (secondary N) is 1. The van der Waals surface area contributed by atoms with Crippen LogP contribution in [0.15, 0.2) is 78.9 Å². The van der Waals surface area contributed by atoms with Crippen molar-refractivity contribution in [3.63, 3.8) is 0 Å². The van der Waals surface area contributed by atoms with Gasteiger partial charge in [-0.3, -0.25) is 9.69 Å². The molecule has 1 heterocycles. The van der Waals surface area contributed by atoms with Gasteiger partial charge in [0.15, 0.2) is 5.78 Å². The van der Waals surface area contributed by atoms with Crippen LogP contribution in [0.5, 0.6) is 0 Å². The van der Waals surface area contributed by atoms with E-state index < -0.39 is 0 Å². The molecule has 0 spiro atoms. The minimum Gasteiger partial charge on any atom is -0.322 e. The lowest BCUT2D eigenvalue weighted by Crippen LogP contribution is -2.51. The molecule has 32 heavy (non-hydrogen) atoms. The Labute approximate surface area is 193 Å². The highest BCUT2D eigenvalue weighted by Crippen LogP contribution is 2.30. The standard InChI is InChI=1S/C26H26ClN3O2/c1-19(31)22-8-5-9-24(18-22)28-26(32)30-16-14-29(15-17-30)25(20-6-3-2-4-7-20)21-10-12-23(27)13-11-21/h2-13,18,25H,14-17H2,1H3,(H,28,32)/t25-/m0/s1. The molecular weight excluding hydrogens is 422 g/mol. The van der Waals surface area contributed by atoms with Crippen molar-refractivity contribution < 1.29 is 9.59 Å². The fourth-order valence-electron chi connectivity index (χ4n) is 4.10. The highest BCUT2D eigenvalue weighted by molar-refractivity contribution is 6.30. The predicted octanol–water partition coefficient (Wildman–Crippen LogP) is 5.48. The van der Waals surface area contributed by atoms with Crippen LogP contribution in [-0.4, -0.2) is 47.8 Å². The molecule has 0 radical (unpaired) electrons. The van der Waals surface area contributed by atoms with Gasteiger partial charge >= 0.3 is 6.03 Å². The van der Waals surface area contributed by atoms with Crippen molar-refractivity contribution in [2.45, 2.75) is 13.0 Å². The molecule has 1 saturated heterocycles. The third-order valence-corrected chi connectivity index (χ3v) is 6.04. The molecular formula is C26H26ClN3O2. The summed E-state index contributed by atoms with van der Waals surface area (Å²) in [6.45, 7) is 4.26. The van der Waals surface area contributed by atoms with Crippen LogP contribution >= 0.6 is 11.6 Å². The molecule has 1 aliphatic heterocycles. The molecule has 3 aromatic rings. The van der Waals surface area contributed by atoms with Gasteiger partial charge in [0.05, 0.1) is 6.04 Å². The molecule has 0 unspecified atom stereocenters. The van der Waals surface area contributed by atoms with Crippen molar-refractivity contribution in [1.29, 1.82) is 0 Å². The second kappa shape index (κ2) is 9.98. The number of rotatable bonds is 5. The van der Waals surface area contributed by atoms with Crippen LogP contribution < -0.4 is 5.32 Å². The first kappa shape index (κ1) is 22.1. The van der Waals surface area contributed by atoms with Gasteiger partial charge in [-0.1, -0.05) is 66.2 Å². The van der Waals surface area contributed by atoms with Gasteiger partial charge in [-0.15, -0.1) is 0 Å². The maximum atomic E-state index is 12.8. The number of ketones is 1. The molecule has 1 aliphatic rings. The van der Waals surface area contributed by atoms with Crippen LogP contribution in [0.1, 0.15) is 34.5 Å². The molecule has 2 amide bonds. The molecule has 3 aromatic carbocycles. The summed E-state index contributed by atoms with van der Waals surface area (Å²) >= 11 is 6.11. The fourth-order valence-corrected chi connectivity index (χ4v) is 4.22. The summed E-state index contributed by atoms with van der Waals surface area (Å²) in [6, 6.07) is 25.4. The molecule has 0 bridgehead atoms. The lowest BCUT2D eigenvalue weighted by molar-refractivity contribution is 0.101. The number of Topliss-reactive ketones (excluding diaryl/α,β-unsaturated/α-hetero) is 1. The van der Waals surface area contributed by atoms with E-state index in [0.717, 1.165) is 18.1 Å². The summed E-state index contributed by atoms with van der Waals surface area (Å²) in [4.78, 5) is 28.6. The Bertz CT molecular complexity index is 1080. The minimum atomic E-state index is -0.145. The SMILES string of the molecule is CC(=O)c1cccc(NC(=O)N2CCN([C@@H](c3ccccc3)c3ccc(Cl)cc3)CC2)c1. The van der Waals surface area contributed by atoms with Crippen LogP contribution in [0.25, 0.3) is 0 Å². The maximum absolute atomic E-state index is 12.8. The summed E-state index contributed by atoms with van der Waals surface area (Å²) in [7, 11) is 0. The second-order valence-electron chi connectivity index (χ2n) is 7.95. The maximum Gasteiger partial charge on any atom is 0.321 e. The Morgan fingerprint density at radius 1 is 0.844 bits per heavy atom. The molecule has 1 atom stereocenters. The van der Waals surface area contributed by atoms with E-state index in [-0.39, 0.29) is 17.9 Å². The second-order valence-corrected chi connectivity index (χ2v) is 8.39. The van der Waals surface area contributed by atoms with E-state index in [1.807, 2.05) is 23.1 Å². The number of benzene rings is 3. The largest absolute Gasteiger partial charge is 0.322 e. The minimum absolute atomic E-state index is 0.0242. The average molecular weight is 448 g/mol. The number of anilines is 1. The van der Waals surface area contributed by atoms with Gasteiger partial charge in [-0.25, -0.2) is 4.79 Å². The van der Waals surface area contributed by atoms with Gasteiger partial charge < -0.3 is 10.2 Å². The lowest BCUT2D eigenvalue weighted by atomic mass is 9.96. The Hall–Kier alpha value is -3.15. The monoisotopic (exact) mass is 447 g/mol. The van der Waals surface area contributed by atoms with E-state index >= 15 is 0 Å². The Morgan fingerprint density at radius 3 is 2.16 bits per heavy atom. The predicted molar refractivity (Wildman–Crippen MR) is 128 cm³/mol. The molecule has 1 fully saturated rings. The lowest BCUT2D eigenvalue weighted by Gasteiger charge is -2.39. The number of piperazine rings is 1. The number of urea groups is 1. The van der Waals surface area contributed by atoms with Gasteiger partial charge in [-0.05, 0) is 42.3 Å². The zero-order chi connectivity index (χ0) is 22.5. The van der Waals surface area contributed by atoms with Crippen LogP contribution in [-0.2, 0) is 0 Å². The van der Waals surface area contributed by atoms with Crippen LogP contribution in [0.3, 0.4) is 0 Å². The van der Waals surface area contributed by atoms with E-state index in [1.54, 1.807) is 24.3 Å². The number of hydrogen-bond acceptors (Lipinski definition) is 3. The van der Waals surface area contributed by atoms with E-state index in [4.69, 9.17) is 11.6 Å². The van der Waals surface area contributed by atoms with E-state index in [1.165, 1.54) is 18.1 Å². The third-order valence-electron chi connectivity index (χ3n) is 5.79. The van der Waals surface area contributed by atoms with Gasteiger partial charge in [0.1, 0.15) is 0 Å². The summed E-state index contributed by atoms with van der Waals surface area (Å²) in [6.07, 6.45) is 0. The van der Waals surface area contributed by atoms with Crippen molar-refractivity contribution in [3.8, 4) is 0 Å². The number of hydrogen-bond donors (Lipinski definition) is 1. The number of nitrogens with zero attached hydrogens (tertiary/aromatic N) is 2. The molecule has 0 saturated carbocycles. The summed E-state index contributed by atoms with van der Waals surface area (Å²) in [5.41, 5.74) is 3.61. The number of amides is 2. The molecule has 1 N–H and O–H groups in total. The third kappa shape index (κ3) is 5.18. The first-order valence-electron chi connectivity index (χ1n) is 10.7. The molecule has 164 valence electrons. The molecule has 5 nitrogen and oxygen atoms in total. The van der Waals surface area contributed by atoms with E-state index in [0.29, 0.717) is 24.3 Å². The van der Waals surface area contributed by atoms with Crippen molar-refractivity contribution in [2.75, 3.05) is 31.5 Å². The van der Waals surface area contributed by atoms with Crippen LogP contribution in [0.2, 0.25) is 5.02 Å². The zero-order valence-electron chi connectivity index (χ0n) is 18.0. The molecule has 0 aromatic heterocycles. The van der Waals surface area contributed by atoms with Gasteiger partial charge in [0.25, 0.3) is 0 Å². The number of carbonyl (C=O) groups excluding carboxylic acids is 2. The van der Waals surface area contributed by atoms with Gasteiger partial charge in [0.2, 0.25) is 0 Å². The van der Waals surface area contributed by atoms with E-state index in [2.05, 4.69) is 46.6 Å². The number of carbonyl (C=O) groups is 2. The van der Waals surface area contributed by atoms with E-state index in [9.17, 15) is 9.59 Å². The van der Waals surface area contributed by atoms with Gasteiger partial charge in [-0.2, -0.15) is 0 Å². The highest BCUT2D eigenvalue weighted by Gasteiger charge is 2.28. The van der Waals surface area contributed by atoms with Crippen molar-refractivity contribution in [1.82, 2.24) is 9.80 Å². The molecule has 4 rings (SSSR count).